The summed E-state index contributed by atoms with van der Waals surface area (Å²) in [6, 6.07) is 59.9. The molecule has 11 rings (SSSR count). The number of hydrogen-bond acceptors (Lipinski definition) is 1. The minimum Gasteiger partial charge on any atom is -0.484 e. The van der Waals surface area contributed by atoms with Crippen molar-refractivity contribution in [2.75, 3.05) is 0 Å². The zero-order valence-electron chi connectivity index (χ0n) is 28.4. The summed E-state index contributed by atoms with van der Waals surface area (Å²) in [4.78, 5) is 0. The Labute approximate surface area is 302 Å². The van der Waals surface area contributed by atoms with Crippen LogP contribution >= 0.6 is 0 Å². The SMILES string of the molecule is C1=CC2Oc3c(-c4ccc(-c5c6ccccc6c(-c6ccc(-n7c8ccccc8c8ccccc87)cc6)c6ccccc56)cc4)cccc3C2C=C1. The standard InChI is InChI=1S/C50H33NO/c1-3-17-42-40(15-1)48(33-26-24-32(25-27-33)36-19-11-20-44-39-14-7-10-23-47(39)52-50(36)44)41-16-2-4-18-43(41)49(42)34-28-30-35(31-29-34)51-45-21-8-5-12-37(45)38-13-6-9-22-46(38)51/h1-31,39,47H. The van der Waals surface area contributed by atoms with Crippen LogP contribution in [0.3, 0.4) is 0 Å². The summed E-state index contributed by atoms with van der Waals surface area (Å²) < 4.78 is 8.89. The van der Waals surface area contributed by atoms with E-state index in [2.05, 4.69) is 193 Å². The van der Waals surface area contributed by atoms with Crippen molar-refractivity contribution in [3.63, 3.8) is 0 Å². The number of nitrogens with zero attached hydrogens (tertiary/aromatic N) is 1. The van der Waals surface area contributed by atoms with Gasteiger partial charge in [0.25, 0.3) is 0 Å². The fourth-order valence-corrected chi connectivity index (χ4v) is 8.84. The first-order chi connectivity index (χ1) is 25.8. The number of ether oxygens (including phenoxy) is 1. The number of hydrogen-bond donors (Lipinski definition) is 0. The summed E-state index contributed by atoms with van der Waals surface area (Å²) in [6.45, 7) is 0. The fraction of sp³-hybridized carbons (Fsp3) is 0.0400. The first-order valence-corrected chi connectivity index (χ1v) is 18.1. The van der Waals surface area contributed by atoms with Gasteiger partial charge in [0.15, 0.2) is 0 Å². The molecule has 8 aromatic carbocycles. The van der Waals surface area contributed by atoms with Crippen LogP contribution in [0.15, 0.2) is 188 Å². The topological polar surface area (TPSA) is 14.2 Å². The number of rotatable bonds is 4. The van der Waals surface area contributed by atoms with Crippen LogP contribution < -0.4 is 4.74 Å². The van der Waals surface area contributed by atoms with Gasteiger partial charge in [0.2, 0.25) is 0 Å². The average Bonchev–Trinajstić information content (AvgIpc) is 3.76. The molecule has 0 amide bonds. The molecule has 2 aliphatic rings. The van der Waals surface area contributed by atoms with E-state index in [0.29, 0.717) is 0 Å². The summed E-state index contributed by atoms with van der Waals surface area (Å²) >= 11 is 0. The highest BCUT2D eigenvalue weighted by Gasteiger charge is 2.33. The Kier molecular flexibility index (Phi) is 6.41. The van der Waals surface area contributed by atoms with Gasteiger partial charge >= 0.3 is 0 Å². The van der Waals surface area contributed by atoms with Gasteiger partial charge in [-0.05, 0) is 79.7 Å². The molecular weight excluding hydrogens is 631 g/mol. The lowest BCUT2D eigenvalue weighted by atomic mass is 9.85. The molecule has 0 radical (unpaired) electrons. The summed E-state index contributed by atoms with van der Waals surface area (Å²) in [6.07, 6.45) is 8.70. The lowest BCUT2D eigenvalue weighted by Gasteiger charge is -2.18. The average molecular weight is 664 g/mol. The summed E-state index contributed by atoms with van der Waals surface area (Å²) in [7, 11) is 0. The third-order valence-corrected chi connectivity index (χ3v) is 11.2. The molecule has 9 aromatic rings. The molecule has 0 N–H and O–H groups in total. The van der Waals surface area contributed by atoms with Crippen molar-refractivity contribution in [1.82, 2.24) is 4.57 Å². The second-order valence-corrected chi connectivity index (χ2v) is 13.9. The molecule has 2 unspecified atom stereocenters. The van der Waals surface area contributed by atoms with Gasteiger partial charge in [0.1, 0.15) is 11.9 Å². The number of para-hydroxylation sites is 3. The van der Waals surface area contributed by atoms with Crippen molar-refractivity contribution in [2.45, 2.75) is 12.0 Å². The van der Waals surface area contributed by atoms with Crippen molar-refractivity contribution in [1.29, 1.82) is 0 Å². The van der Waals surface area contributed by atoms with Gasteiger partial charge in [0, 0.05) is 33.5 Å². The van der Waals surface area contributed by atoms with E-state index in [9.17, 15) is 0 Å². The Morgan fingerprint density at radius 2 is 0.885 bits per heavy atom. The molecular formula is C50H33NO. The normalized spacial score (nSPS) is 16.1. The number of benzene rings is 8. The molecule has 0 saturated heterocycles. The van der Waals surface area contributed by atoms with Gasteiger partial charge in [-0.15, -0.1) is 0 Å². The van der Waals surface area contributed by atoms with E-state index in [1.54, 1.807) is 0 Å². The maximum absolute atomic E-state index is 6.51. The van der Waals surface area contributed by atoms with Gasteiger partial charge in [-0.1, -0.05) is 158 Å². The molecule has 1 aliphatic heterocycles. The molecule has 2 heteroatoms. The third kappa shape index (κ3) is 4.31. The van der Waals surface area contributed by atoms with Crippen molar-refractivity contribution in [3.8, 4) is 44.8 Å². The molecule has 1 aliphatic carbocycles. The van der Waals surface area contributed by atoms with Crippen LogP contribution in [0.1, 0.15) is 11.5 Å². The smallest absolute Gasteiger partial charge is 0.132 e. The van der Waals surface area contributed by atoms with Gasteiger partial charge in [-0.2, -0.15) is 0 Å². The highest BCUT2D eigenvalue weighted by atomic mass is 16.5. The van der Waals surface area contributed by atoms with Gasteiger partial charge in [-0.3, -0.25) is 0 Å². The van der Waals surface area contributed by atoms with E-state index < -0.39 is 0 Å². The first kappa shape index (κ1) is 29.1. The molecule has 0 saturated carbocycles. The molecule has 1 aromatic heterocycles. The first-order valence-electron chi connectivity index (χ1n) is 18.1. The van der Waals surface area contributed by atoms with E-state index in [1.165, 1.54) is 76.7 Å². The lowest BCUT2D eigenvalue weighted by molar-refractivity contribution is 0.270. The monoisotopic (exact) mass is 663 g/mol. The van der Waals surface area contributed by atoms with Crippen LogP contribution in [0, 0.1) is 0 Å². The van der Waals surface area contributed by atoms with Crippen LogP contribution in [-0.2, 0) is 0 Å². The van der Waals surface area contributed by atoms with Crippen molar-refractivity contribution >= 4 is 43.4 Å². The number of fused-ring (bicyclic) bond motifs is 8. The van der Waals surface area contributed by atoms with E-state index in [0.717, 1.165) is 17.0 Å². The molecule has 2 nitrogen and oxygen atoms in total. The van der Waals surface area contributed by atoms with Crippen LogP contribution in [-0.4, -0.2) is 10.7 Å². The second-order valence-electron chi connectivity index (χ2n) is 13.9. The molecule has 244 valence electrons. The molecule has 52 heavy (non-hydrogen) atoms. The molecule has 0 bridgehead atoms. The van der Waals surface area contributed by atoms with Crippen molar-refractivity contribution in [3.05, 3.63) is 194 Å². The Hall–Kier alpha value is -6.64. The van der Waals surface area contributed by atoms with Gasteiger partial charge in [-0.25, -0.2) is 0 Å². The van der Waals surface area contributed by atoms with E-state index in [-0.39, 0.29) is 12.0 Å². The maximum atomic E-state index is 6.51. The Bertz CT molecular complexity index is 2810. The van der Waals surface area contributed by atoms with Crippen LogP contribution in [0.2, 0.25) is 0 Å². The largest absolute Gasteiger partial charge is 0.484 e. The summed E-state index contributed by atoms with van der Waals surface area (Å²) in [5, 5.41) is 7.56. The lowest BCUT2D eigenvalue weighted by Crippen LogP contribution is -2.15. The Morgan fingerprint density at radius 1 is 0.404 bits per heavy atom. The van der Waals surface area contributed by atoms with Gasteiger partial charge < -0.3 is 9.30 Å². The predicted octanol–water partition coefficient (Wildman–Crippen LogP) is 13.1. The Morgan fingerprint density at radius 3 is 1.46 bits per heavy atom. The van der Waals surface area contributed by atoms with Gasteiger partial charge in [0.05, 0.1) is 11.0 Å². The molecule has 2 heterocycles. The zero-order chi connectivity index (χ0) is 34.2. The van der Waals surface area contributed by atoms with Crippen LogP contribution in [0.4, 0.5) is 0 Å². The van der Waals surface area contributed by atoms with E-state index >= 15 is 0 Å². The highest BCUT2D eigenvalue weighted by Crippen LogP contribution is 2.48. The number of allylic oxidation sites excluding steroid dienone is 2. The van der Waals surface area contributed by atoms with E-state index in [1.807, 2.05) is 0 Å². The fourth-order valence-electron chi connectivity index (χ4n) is 8.84. The van der Waals surface area contributed by atoms with Crippen molar-refractivity contribution in [2.24, 2.45) is 0 Å². The highest BCUT2D eigenvalue weighted by molar-refractivity contribution is 6.21. The van der Waals surface area contributed by atoms with E-state index in [4.69, 9.17) is 4.74 Å². The van der Waals surface area contributed by atoms with Crippen LogP contribution in [0.5, 0.6) is 5.75 Å². The summed E-state index contributed by atoms with van der Waals surface area (Å²) in [5.41, 5.74) is 12.1. The Balaban J connectivity index is 1.04. The van der Waals surface area contributed by atoms with Crippen LogP contribution in [0.25, 0.3) is 82.4 Å². The van der Waals surface area contributed by atoms with Crippen molar-refractivity contribution < 1.29 is 4.74 Å². The molecule has 2 atom stereocenters. The molecule has 0 spiro atoms. The minimum absolute atomic E-state index is 0.0709. The second kappa shape index (κ2) is 11.4. The zero-order valence-corrected chi connectivity index (χ0v) is 28.4. The summed E-state index contributed by atoms with van der Waals surface area (Å²) in [5.74, 6) is 1.28. The quantitative estimate of drug-likeness (QED) is 0.171. The molecule has 0 fully saturated rings. The minimum atomic E-state index is 0.0709. The third-order valence-electron chi connectivity index (χ3n) is 11.2. The maximum Gasteiger partial charge on any atom is 0.132 e. The number of aromatic nitrogens is 1. The predicted molar refractivity (Wildman–Crippen MR) is 218 cm³/mol.